The number of aryl methyl sites for hydroxylation is 1. The lowest BCUT2D eigenvalue weighted by atomic mass is 10.1. The summed E-state index contributed by atoms with van der Waals surface area (Å²) in [6.45, 7) is 2.64. The minimum absolute atomic E-state index is 0.112. The fraction of sp³-hybridized carbons (Fsp3) is 0.211. The Morgan fingerprint density at radius 3 is 2.25 bits per heavy atom. The molecule has 0 aliphatic carbocycles. The van der Waals surface area contributed by atoms with Crippen molar-refractivity contribution in [3.8, 4) is 0 Å². The molecule has 5 heteroatoms. The number of anilines is 2. The van der Waals surface area contributed by atoms with E-state index in [1.165, 1.54) is 0 Å². The Balaban J connectivity index is 1.67. The molecule has 2 amide bonds. The van der Waals surface area contributed by atoms with E-state index in [-0.39, 0.29) is 5.91 Å². The number of carbonyl (C=O) groups is 3. The summed E-state index contributed by atoms with van der Waals surface area (Å²) >= 11 is 0. The van der Waals surface area contributed by atoms with Gasteiger partial charge in [-0.3, -0.25) is 14.4 Å². The smallest absolute Gasteiger partial charge is 0.296 e. The van der Waals surface area contributed by atoms with E-state index in [0.29, 0.717) is 17.7 Å². The van der Waals surface area contributed by atoms with E-state index < -0.39 is 11.7 Å². The van der Waals surface area contributed by atoms with Crippen LogP contribution in [-0.4, -0.2) is 24.1 Å². The molecule has 1 fully saturated rings. The SMILES string of the molecule is Cc1ccc(C(=O)C(=O)Nc2ccc(N3CCCC3=O)cc2)cc1. The first-order valence-corrected chi connectivity index (χ1v) is 7.87. The molecule has 0 atom stereocenters. The summed E-state index contributed by atoms with van der Waals surface area (Å²) in [4.78, 5) is 37.6. The van der Waals surface area contributed by atoms with Crippen LogP contribution in [0.25, 0.3) is 0 Å². The van der Waals surface area contributed by atoms with Gasteiger partial charge in [0.25, 0.3) is 11.7 Å². The summed E-state index contributed by atoms with van der Waals surface area (Å²) in [6.07, 6.45) is 1.44. The zero-order chi connectivity index (χ0) is 17.1. The molecule has 1 aliphatic rings. The van der Waals surface area contributed by atoms with Crippen molar-refractivity contribution in [3.63, 3.8) is 0 Å². The van der Waals surface area contributed by atoms with Crippen LogP contribution < -0.4 is 10.2 Å². The number of Topliss-reactive ketones (excluding diaryl/α,β-unsaturated/α-hetero) is 1. The van der Waals surface area contributed by atoms with Crippen molar-refractivity contribution in [3.05, 3.63) is 59.7 Å². The summed E-state index contributed by atoms with van der Waals surface area (Å²) in [6, 6.07) is 13.8. The Morgan fingerprint density at radius 2 is 1.67 bits per heavy atom. The molecule has 0 spiro atoms. The number of nitrogens with one attached hydrogen (secondary N) is 1. The van der Waals surface area contributed by atoms with Gasteiger partial charge >= 0.3 is 0 Å². The van der Waals surface area contributed by atoms with Crippen molar-refractivity contribution in [2.75, 3.05) is 16.8 Å². The quantitative estimate of drug-likeness (QED) is 0.695. The van der Waals surface area contributed by atoms with Gasteiger partial charge in [-0.25, -0.2) is 0 Å². The van der Waals surface area contributed by atoms with E-state index in [1.54, 1.807) is 53.4 Å². The fourth-order valence-electron chi connectivity index (χ4n) is 2.67. The number of amides is 2. The molecule has 0 radical (unpaired) electrons. The molecule has 1 saturated heterocycles. The van der Waals surface area contributed by atoms with Crippen molar-refractivity contribution < 1.29 is 14.4 Å². The van der Waals surface area contributed by atoms with Crippen LogP contribution in [-0.2, 0) is 9.59 Å². The van der Waals surface area contributed by atoms with Crippen LogP contribution in [0, 0.1) is 6.92 Å². The van der Waals surface area contributed by atoms with E-state index >= 15 is 0 Å². The number of carbonyl (C=O) groups excluding carboxylic acids is 3. The Labute approximate surface area is 140 Å². The maximum atomic E-state index is 12.1. The second kappa shape index (κ2) is 6.66. The summed E-state index contributed by atoms with van der Waals surface area (Å²) in [7, 11) is 0. The largest absolute Gasteiger partial charge is 0.319 e. The maximum Gasteiger partial charge on any atom is 0.296 e. The predicted molar refractivity (Wildman–Crippen MR) is 92.2 cm³/mol. The molecule has 122 valence electrons. The molecule has 0 bridgehead atoms. The first-order chi connectivity index (χ1) is 11.5. The molecular weight excluding hydrogens is 304 g/mol. The van der Waals surface area contributed by atoms with Crippen molar-refractivity contribution >= 4 is 29.0 Å². The molecular formula is C19H18N2O3. The van der Waals surface area contributed by atoms with Crippen LogP contribution in [0.4, 0.5) is 11.4 Å². The van der Waals surface area contributed by atoms with Crippen LogP contribution in [0.1, 0.15) is 28.8 Å². The van der Waals surface area contributed by atoms with Gasteiger partial charge < -0.3 is 10.2 Å². The van der Waals surface area contributed by atoms with Crippen LogP contribution in [0.15, 0.2) is 48.5 Å². The third-order valence-corrected chi connectivity index (χ3v) is 4.03. The molecule has 1 N–H and O–H groups in total. The van der Waals surface area contributed by atoms with Gasteiger partial charge in [0.2, 0.25) is 5.91 Å². The number of rotatable bonds is 4. The van der Waals surface area contributed by atoms with Gasteiger partial charge in [0.15, 0.2) is 0 Å². The third-order valence-electron chi connectivity index (χ3n) is 4.03. The van der Waals surface area contributed by atoms with Crippen LogP contribution >= 0.6 is 0 Å². The van der Waals surface area contributed by atoms with Gasteiger partial charge in [-0.1, -0.05) is 29.8 Å². The average molecular weight is 322 g/mol. The summed E-state index contributed by atoms with van der Waals surface area (Å²) in [5.41, 5.74) is 2.72. The standard InChI is InChI=1S/C19H18N2O3/c1-13-4-6-14(7-5-13)18(23)19(24)20-15-8-10-16(11-9-15)21-12-2-3-17(21)22/h4-11H,2-3,12H2,1H3,(H,20,24). The van der Waals surface area contributed by atoms with Gasteiger partial charge in [0.05, 0.1) is 0 Å². The topological polar surface area (TPSA) is 66.5 Å². The van der Waals surface area contributed by atoms with Crippen LogP contribution in [0.3, 0.4) is 0 Å². The molecule has 0 unspecified atom stereocenters. The highest BCUT2D eigenvalue weighted by atomic mass is 16.2. The minimum atomic E-state index is -0.677. The molecule has 1 aliphatic heterocycles. The van der Waals surface area contributed by atoms with E-state index in [1.807, 2.05) is 6.92 Å². The lowest BCUT2D eigenvalue weighted by molar-refractivity contribution is -0.117. The van der Waals surface area contributed by atoms with E-state index in [9.17, 15) is 14.4 Å². The van der Waals surface area contributed by atoms with Crippen molar-refractivity contribution in [1.82, 2.24) is 0 Å². The fourth-order valence-corrected chi connectivity index (χ4v) is 2.67. The third kappa shape index (κ3) is 3.35. The number of ketones is 1. The number of nitrogens with zero attached hydrogens (tertiary/aromatic N) is 1. The monoisotopic (exact) mass is 322 g/mol. The molecule has 24 heavy (non-hydrogen) atoms. The zero-order valence-electron chi connectivity index (χ0n) is 13.4. The number of hydrogen-bond donors (Lipinski definition) is 1. The highest BCUT2D eigenvalue weighted by Gasteiger charge is 2.21. The summed E-state index contributed by atoms with van der Waals surface area (Å²) < 4.78 is 0. The average Bonchev–Trinajstić information content (AvgIpc) is 3.01. The first-order valence-electron chi connectivity index (χ1n) is 7.87. The molecule has 0 saturated carbocycles. The highest BCUT2D eigenvalue weighted by molar-refractivity contribution is 6.46. The number of hydrogen-bond acceptors (Lipinski definition) is 3. The van der Waals surface area contributed by atoms with Crippen LogP contribution in [0.5, 0.6) is 0 Å². The lowest BCUT2D eigenvalue weighted by Gasteiger charge is -2.16. The normalized spacial score (nSPS) is 13.9. The Bertz CT molecular complexity index is 779. The van der Waals surface area contributed by atoms with Gasteiger partial charge in [0.1, 0.15) is 0 Å². The van der Waals surface area contributed by atoms with Gasteiger partial charge in [-0.2, -0.15) is 0 Å². The number of benzene rings is 2. The van der Waals surface area contributed by atoms with Crippen LogP contribution in [0.2, 0.25) is 0 Å². The summed E-state index contributed by atoms with van der Waals surface area (Å²) in [5, 5.41) is 2.59. The van der Waals surface area contributed by atoms with Gasteiger partial charge in [0, 0.05) is 29.9 Å². The Hall–Kier alpha value is -2.95. The van der Waals surface area contributed by atoms with E-state index in [4.69, 9.17) is 0 Å². The van der Waals surface area contributed by atoms with Crippen molar-refractivity contribution in [2.24, 2.45) is 0 Å². The van der Waals surface area contributed by atoms with Gasteiger partial charge in [-0.15, -0.1) is 0 Å². The predicted octanol–water partition coefficient (Wildman–Crippen LogP) is 2.94. The van der Waals surface area contributed by atoms with Crippen molar-refractivity contribution in [1.29, 1.82) is 0 Å². The Morgan fingerprint density at radius 1 is 1.00 bits per heavy atom. The summed E-state index contributed by atoms with van der Waals surface area (Å²) in [5.74, 6) is -1.14. The minimum Gasteiger partial charge on any atom is -0.319 e. The van der Waals surface area contributed by atoms with E-state index in [0.717, 1.165) is 24.2 Å². The highest BCUT2D eigenvalue weighted by Crippen LogP contribution is 2.23. The second-order valence-corrected chi connectivity index (χ2v) is 5.85. The molecule has 1 heterocycles. The first kappa shape index (κ1) is 15.9. The Kier molecular flexibility index (Phi) is 4.42. The maximum absolute atomic E-state index is 12.1. The second-order valence-electron chi connectivity index (χ2n) is 5.85. The molecule has 2 aromatic carbocycles. The molecule has 0 aromatic heterocycles. The molecule has 3 rings (SSSR count). The zero-order valence-corrected chi connectivity index (χ0v) is 13.4. The van der Waals surface area contributed by atoms with Crippen molar-refractivity contribution in [2.45, 2.75) is 19.8 Å². The van der Waals surface area contributed by atoms with E-state index in [2.05, 4.69) is 5.32 Å². The van der Waals surface area contributed by atoms with Gasteiger partial charge in [-0.05, 0) is 37.6 Å². The lowest BCUT2D eigenvalue weighted by Crippen LogP contribution is -2.24. The molecule has 2 aromatic rings. The molecule has 5 nitrogen and oxygen atoms in total.